The van der Waals surface area contributed by atoms with E-state index in [0.29, 0.717) is 0 Å². The maximum atomic E-state index is 4.46. The summed E-state index contributed by atoms with van der Waals surface area (Å²) in [5, 5.41) is 16.3. The van der Waals surface area contributed by atoms with E-state index >= 15 is 0 Å². The van der Waals surface area contributed by atoms with Crippen LogP contribution in [0.25, 0.3) is 77.0 Å². The molecule has 0 N–H and O–H groups in total. The Morgan fingerprint density at radius 2 is 1.10 bits per heavy atom. The third-order valence-electron chi connectivity index (χ3n) is 8.42. The molecule has 4 nitrogen and oxygen atoms in total. The number of para-hydroxylation sites is 3. The predicted octanol–water partition coefficient (Wildman–Crippen LogP) is 9.49. The Labute approximate surface area is 241 Å². The number of benzene rings is 6. The molecule has 0 saturated carbocycles. The van der Waals surface area contributed by atoms with Crippen LogP contribution in [-0.4, -0.2) is 19.3 Å². The van der Waals surface area contributed by atoms with Crippen LogP contribution in [-0.2, 0) is 0 Å². The summed E-state index contributed by atoms with van der Waals surface area (Å²) in [6.45, 7) is 0. The van der Waals surface area contributed by atoms with Crippen molar-refractivity contribution in [2.75, 3.05) is 0 Å². The monoisotopic (exact) mass is 536 g/mol. The Kier molecular flexibility index (Phi) is 4.87. The third-order valence-corrected chi connectivity index (χ3v) is 8.42. The first kappa shape index (κ1) is 23.0. The van der Waals surface area contributed by atoms with Crippen molar-refractivity contribution in [3.05, 3.63) is 146 Å². The lowest BCUT2D eigenvalue weighted by Crippen LogP contribution is -1.98. The number of hydrogen-bond acceptors (Lipinski definition) is 2. The zero-order chi connectivity index (χ0) is 27.6. The highest BCUT2D eigenvalue weighted by molar-refractivity contribution is 6.22. The van der Waals surface area contributed by atoms with E-state index in [1.807, 2.05) is 24.4 Å². The Morgan fingerprint density at radius 3 is 1.88 bits per heavy atom. The van der Waals surface area contributed by atoms with Gasteiger partial charge >= 0.3 is 0 Å². The number of aromatic nitrogens is 4. The van der Waals surface area contributed by atoms with Crippen molar-refractivity contribution in [2.24, 2.45) is 0 Å². The van der Waals surface area contributed by atoms with Crippen molar-refractivity contribution in [2.45, 2.75) is 0 Å². The molecule has 3 aromatic heterocycles. The predicted molar refractivity (Wildman–Crippen MR) is 174 cm³/mol. The molecule has 0 aliphatic rings. The summed E-state index contributed by atoms with van der Waals surface area (Å²) in [5.74, 6) is 0. The van der Waals surface area contributed by atoms with Crippen LogP contribution < -0.4 is 0 Å². The highest BCUT2D eigenvalue weighted by Crippen LogP contribution is 2.40. The van der Waals surface area contributed by atoms with Crippen LogP contribution in [0.3, 0.4) is 0 Å². The van der Waals surface area contributed by atoms with E-state index in [-0.39, 0.29) is 0 Å². The van der Waals surface area contributed by atoms with E-state index < -0.39 is 0 Å². The van der Waals surface area contributed by atoms with Crippen LogP contribution in [0.15, 0.2) is 146 Å². The standard InChI is InChI=1S/C38H24N4/c1-3-11-25(12-4-1)34-22-28(24-39-40-34)41-35-17-9-8-16-30(35)33-23-32-26(21-37(33)41)19-20-31-29-15-7-10-18-36(29)42(38(31)32)27-13-5-2-6-14-27/h1-24H. The van der Waals surface area contributed by atoms with Gasteiger partial charge in [0, 0.05) is 38.2 Å². The van der Waals surface area contributed by atoms with Crippen LogP contribution in [0.2, 0.25) is 0 Å². The molecule has 0 saturated heterocycles. The quantitative estimate of drug-likeness (QED) is 0.225. The lowest BCUT2D eigenvalue weighted by Gasteiger charge is -2.11. The van der Waals surface area contributed by atoms with E-state index in [2.05, 4.69) is 141 Å². The molecule has 4 heteroatoms. The summed E-state index contributed by atoms with van der Waals surface area (Å²) < 4.78 is 4.74. The Balaban J connectivity index is 1.40. The molecule has 0 aliphatic carbocycles. The molecule has 0 unspecified atom stereocenters. The van der Waals surface area contributed by atoms with Crippen molar-refractivity contribution in [3.63, 3.8) is 0 Å². The molecule has 9 rings (SSSR count). The molecule has 0 atom stereocenters. The Hall–Kier alpha value is -5.74. The fraction of sp³-hybridized carbons (Fsp3) is 0. The summed E-state index contributed by atoms with van der Waals surface area (Å²) in [7, 11) is 0. The van der Waals surface area contributed by atoms with Crippen LogP contribution in [0.4, 0.5) is 0 Å². The average molecular weight is 537 g/mol. The molecule has 0 aliphatic heterocycles. The lowest BCUT2D eigenvalue weighted by atomic mass is 10.0. The highest BCUT2D eigenvalue weighted by atomic mass is 15.1. The SMILES string of the molecule is c1ccc(-c2cc(-n3c4ccccc4c4cc5c(ccc6c7ccccc7n(-c7ccccc7)c56)cc43)cnn2)cc1. The van der Waals surface area contributed by atoms with Gasteiger partial charge in [0.05, 0.1) is 39.6 Å². The van der Waals surface area contributed by atoms with E-state index in [4.69, 9.17) is 0 Å². The van der Waals surface area contributed by atoms with Gasteiger partial charge in [0.1, 0.15) is 0 Å². The van der Waals surface area contributed by atoms with Gasteiger partial charge in [0.15, 0.2) is 0 Å². The fourth-order valence-corrected chi connectivity index (χ4v) is 6.60. The van der Waals surface area contributed by atoms with Gasteiger partial charge in [-0.3, -0.25) is 0 Å². The average Bonchev–Trinajstić information content (AvgIpc) is 3.57. The minimum absolute atomic E-state index is 0.855. The zero-order valence-corrected chi connectivity index (χ0v) is 22.6. The van der Waals surface area contributed by atoms with Gasteiger partial charge in [-0.1, -0.05) is 97.1 Å². The summed E-state index contributed by atoms with van der Waals surface area (Å²) in [4.78, 5) is 0. The van der Waals surface area contributed by atoms with Crippen LogP contribution in [0.1, 0.15) is 0 Å². The molecule has 42 heavy (non-hydrogen) atoms. The lowest BCUT2D eigenvalue weighted by molar-refractivity contribution is 1.01. The molecular weight excluding hydrogens is 512 g/mol. The van der Waals surface area contributed by atoms with E-state index in [1.165, 1.54) is 43.4 Å². The van der Waals surface area contributed by atoms with Gasteiger partial charge in [-0.15, -0.1) is 0 Å². The normalized spacial score (nSPS) is 11.8. The van der Waals surface area contributed by atoms with Crippen molar-refractivity contribution >= 4 is 54.4 Å². The topological polar surface area (TPSA) is 35.6 Å². The second-order valence-electron chi connectivity index (χ2n) is 10.8. The Morgan fingerprint density at radius 1 is 0.429 bits per heavy atom. The van der Waals surface area contributed by atoms with Crippen molar-refractivity contribution in [3.8, 4) is 22.6 Å². The third kappa shape index (κ3) is 3.29. The Bertz CT molecular complexity index is 2450. The fourth-order valence-electron chi connectivity index (χ4n) is 6.60. The second-order valence-corrected chi connectivity index (χ2v) is 10.8. The van der Waals surface area contributed by atoms with Gasteiger partial charge < -0.3 is 9.13 Å². The van der Waals surface area contributed by atoms with E-state index in [9.17, 15) is 0 Å². The minimum Gasteiger partial charge on any atom is -0.309 e. The van der Waals surface area contributed by atoms with E-state index in [1.54, 1.807) is 0 Å². The van der Waals surface area contributed by atoms with Gasteiger partial charge in [-0.25, -0.2) is 0 Å². The summed E-state index contributed by atoms with van der Waals surface area (Å²) in [6, 6.07) is 49.7. The maximum absolute atomic E-state index is 4.46. The first-order valence-electron chi connectivity index (χ1n) is 14.2. The molecule has 0 amide bonds. The summed E-state index contributed by atoms with van der Waals surface area (Å²) >= 11 is 0. The minimum atomic E-state index is 0.855. The number of nitrogens with zero attached hydrogens (tertiary/aromatic N) is 4. The summed E-state index contributed by atoms with van der Waals surface area (Å²) in [6.07, 6.45) is 1.86. The summed E-state index contributed by atoms with van der Waals surface area (Å²) in [5.41, 5.74) is 8.81. The van der Waals surface area contributed by atoms with Crippen molar-refractivity contribution in [1.82, 2.24) is 19.3 Å². The van der Waals surface area contributed by atoms with E-state index in [0.717, 1.165) is 33.7 Å². The number of fused-ring (bicyclic) bond motifs is 8. The molecule has 0 spiro atoms. The van der Waals surface area contributed by atoms with Gasteiger partial charge in [0.2, 0.25) is 0 Å². The first-order valence-corrected chi connectivity index (χ1v) is 14.2. The van der Waals surface area contributed by atoms with Gasteiger partial charge in [-0.05, 0) is 47.9 Å². The smallest absolute Gasteiger partial charge is 0.0950 e. The molecule has 0 fully saturated rings. The van der Waals surface area contributed by atoms with Crippen molar-refractivity contribution < 1.29 is 0 Å². The molecule has 0 radical (unpaired) electrons. The van der Waals surface area contributed by atoms with Crippen molar-refractivity contribution in [1.29, 1.82) is 0 Å². The second kappa shape index (κ2) is 8.88. The molecule has 6 aromatic carbocycles. The molecular formula is C38H24N4. The van der Waals surface area contributed by atoms with Gasteiger partial charge in [0.25, 0.3) is 0 Å². The van der Waals surface area contributed by atoms with Crippen LogP contribution >= 0.6 is 0 Å². The molecule has 9 aromatic rings. The number of rotatable bonds is 3. The molecule has 3 heterocycles. The maximum Gasteiger partial charge on any atom is 0.0950 e. The van der Waals surface area contributed by atoms with Crippen LogP contribution in [0.5, 0.6) is 0 Å². The van der Waals surface area contributed by atoms with Gasteiger partial charge in [-0.2, -0.15) is 10.2 Å². The van der Waals surface area contributed by atoms with Crippen LogP contribution in [0, 0.1) is 0 Å². The largest absolute Gasteiger partial charge is 0.309 e. The molecule has 0 bridgehead atoms. The first-order chi connectivity index (χ1) is 20.8. The zero-order valence-electron chi connectivity index (χ0n) is 22.6. The number of hydrogen-bond donors (Lipinski definition) is 0. The molecule has 196 valence electrons. The highest BCUT2D eigenvalue weighted by Gasteiger charge is 2.18.